The number of aromatic nitrogens is 1. The number of nitrogens with zero attached hydrogens (tertiary/aromatic N) is 3. The SMILES string of the molecule is O=C(CN1CCN(Cc2csc(-c3ccccc3)n2)CC1)NC1CCCCCC1. The first-order chi connectivity index (χ1) is 14.3. The maximum absolute atomic E-state index is 12.4. The molecule has 1 aromatic heterocycles. The van der Waals surface area contributed by atoms with Crippen LogP contribution in [0.4, 0.5) is 0 Å². The first-order valence-electron chi connectivity index (χ1n) is 11.0. The van der Waals surface area contributed by atoms with E-state index in [1.165, 1.54) is 31.2 Å². The zero-order chi connectivity index (χ0) is 19.9. The number of carbonyl (C=O) groups excluding carboxylic acids is 1. The lowest BCUT2D eigenvalue weighted by Crippen LogP contribution is -2.50. The molecule has 1 saturated heterocycles. The summed E-state index contributed by atoms with van der Waals surface area (Å²) in [5.41, 5.74) is 2.33. The van der Waals surface area contributed by atoms with Gasteiger partial charge in [0.25, 0.3) is 0 Å². The Kier molecular flexibility index (Phi) is 7.30. The molecule has 2 fully saturated rings. The number of hydrogen-bond acceptors (Lipinski definition) is 5. The van der Waals surface area contributed by atoms with Gasteiger partial charge >= 0.3 is 0 Å². The Hall–Kier alpha value is -1.76. The molecule has 1 aliphatic carbocycles. The van der Waals surface area contributed by atoms with E-state index < -0.39 is 0 Å². The van der Waals surface area contributed by atoms with Gasteiger partial charge in [-0.3, -0.25) is 14.6 Å². The third-order valence-corrected chi connectivity index (χ3v) is 6.95. The molecular weight excluding hydrogens is 380 g/mol. The standard InChI is InChI=1S/C23H32N4OS/c28-22(24-20-10-6-1-2-7-11-20)17-27-14-12-26(13-15-27)16-21-18-29-23(25-21)19-8-4-3-5-9-19/h3-5,8-9,18,20H,1-2,6-7,10-17H2,(H,24,28). The fourth-order valence-corrected chi connectivity index (χ4v) is 5.14. The Morgan fingerprint density at radius 2 is 1.69 bits per heavy atom. The van der Waals surface area contributed by atoms with Gasteiger partial charge in [0.2, 0.25) is 5.91 Å². The van der Waals surface area contributed by atoms with Crippen LogP contribution in [0.3, 0.4) is 0 Å². The Bertz CT molecular complexity index is 762. The predicted octanol–water partition coefficient (Wildman–Crippen LogP) is 3.77. The maximum Gasteiger partial charge on any atom is 0.234 e. The van der Waals surface area contributed by atoms with Gasteiger partial charge in [0.05, 0.1) is 12.2 Å². The van der Waals surface area contributed by atoms with Gasteiger partial charge in [0, 0.05) is 49.7 Å². The van der Waals surface area contributed by atoms with Crippen LogP contribution in [0.5, 0.6) is 0 Å². The van der Waals surface area contributed by atoms with E-state index in [0.29, 0.717) is 12.6 Å². The molecule has 2 aromatic rings. The molecule has 6 heteroatoms. The van der Waals surface area contributed by atoms with Gasteiger partial charge in [-0.15, -0.1) is 11.3 Å². The molecule has 1 N–H and O–H groups in total. The molecule has 1 saturated carbocycles. The Labute approximate surface area is 178 Å². The van der Waals surface area contributed by atoms with Crippen molar-refractivity contribution in [2.24, 2.45) is 0 Å². The van der Waals surface area contributed by atoms with E-state index in [4.69, 9.17) is 4.98 Å². The number of amides is 1. The third-order valence-electron chi connectivity index (χ3n) is 6.01. The Morgan fingerprint density at radius 3 is 2.41 bits per heavy atom. The van der Waals surface area contributed by atoms with Gasteiger partial charge in [0.15, 0.2) is 0 Å². The van der Waals surface area contributed by atoms with E-state index >= 15 is 0 Å². The van der Waals surface area contributed by atoms with Crippen LogP contribution in [-0.4, -0.2) is 59.5 Å². The summed E-state index contributed by atoms with van der Waals surface area (Å²) in [6.07, 6.45) is 7.45. The quantitative estimate of drug-likeness (QED) is 0.734. The smallest absolute Gasteiger partial charge is 0.234 e. The highest BCUT2D eigenvalue weighted by Gasteiger charge is 2.21. The van der Waals surface area contributed by atoms with E-state index in [1.54, 1.807) is 11.3 Å². The van der Waals surface area contributed by atoms with Crippen LogP contribution >= 0.6 is 11.3 Å². The Balaban J connectivity index is 1.19. The summed E-state index contributed by atoms with van der Waals surface area (Å²) in [7, 11) is 0. The predicted molar refractivity (Wildman–Crippen MR) is 119 cm³/mol. The van der Waals surface area contributed by atoms with Gasteiger partial charge in [-0.1, -0.05) is 56.0 Å². The lowest BCUT2D eigenvalue weighted by atomic mass is 10.1. The molecule has 0 radical (unpaired) electrons. The molecule has 5 nitrogen and oxygen atoms in total. The van der Waals surface area contributed by atoms with Crippen LogP contribution in [-0.2, 0) is 11.3 Å². The highest BCUT2D eigenvalue weighted by atomic mass is 32.1. The van der Waals surface area contributed by atoms with Gasteiger partial charge in [0.1, 0.15) is 5.01 Å². The summed E-state index contributed by atoms with van der Waals surface area (Å²) in [6, 6.07) is 10.8. The summed E-state index contributed by atoms with van der Waals surface area (Å²) in [4.78, 5) is 22.0. The van der Waals surface area contributed by atoms with Crippen LogP contribution in [0.2, 0.25) is 0 Å². The number of carbonyl (C=O) groups is 1. The summed E-state index contributed by atoms with van der Waals surface area (Å²) >= 11 is 1.72. The zero-order valence-corrected chi connectivity index (χ0v) is 18.0. The van der Waals surface area contributed by atoms with Gasteiger partial charge < -0.3 is 5.32 Å². The lowest BCUT2D eigenvalue weighted by Gasteiger charge is -2.34. The van der Waals surface area contributed by atoms with Crippen molar-refractivity contribution >= 4 is 17.2 Å². The Morgan fingerprint density at radius 1 is 1.00 bits per heavy atom. The first kappa shape index (κ1) is 20.5. The van der Waals surface area contributed by atoms with Gasteiger partial charge in [-0.05, 0) is 12.8 Å². The number of nitrogens with one attached hydrogen (secondary N) is 1. The van der Waals surface area contributed by atoms with Crippen LogP contribution in [0.1, 0.15) is 44.2 Å². The number of thiazole rings is 1. The molecule has 1 amide bonds. The molecule has 0 spiro atoms. The molecule has 2 heterocycles. The van der Waals surface area contributed by atoms with E-state index in [9.17, 15) is 4.79 Å². The molecule has 1 aliphatic heterocycles. The summed E-state index contributed by atoms with van der Waals surface area (Å²) in [5, 5.41) is 6.54. The summed E-state index contributed by atoms with van der Waals surface area (Å²) < 4.78 is 0. The van der Waals surface area contributed by atoms with Gasteiger partial charge in [-0.25, -0.2) is 4.98 Å². The second kappa shape index (κ2) is 10.3. The van der Waals surface area contributed by atoms with Crippen LogP contribution in [0.25, 0.3) is 10.6 Å². The van der Waals surface area contributed by atoms with Crippen LogP contribution < -0.4 is 5.32 Å². The average molecular weight is 413 g/mol. The van der Waals surface area contributed by atoms with Crippen molar-refractivity contribution < 1.29 is 4.79 Å². The number of hydrogen-bond donors (Lipinski definition) is 1. The molecule has 29 heavy (non-hydrogen) atoms. The van der Waals surface area contributed by atoms with E-state index in [2.05, 4.69) is 44.8 Å². The van der Waals surface area contributed by atoms with E-state index in [0.717, 1.165) is 56.3 Å². The minimum atomic E-state index is 0.206. The topological polar surface area (TPSA) is 48.5 Å². The molecule has 0 atom stereocenters. The molecule has 0 unspecified atom stereocenters. The first-order valence-corrected chi connectivity index (χ1v) is 11.9. The van der Waals surface area contributed by atoms with Crippen LogP contribution in [0, 0.1) is 0 Å². The lowest BCUT2D eigenvalue weighted by molar-refractivity contribution is -0.123. The second-order valence-electron chi connectivity index (χ2n) is 8.32. The van der Waals surface area contributed by atoms with Crippen molar-refractivity contribution in [3.63, 3.8) is 0 Å². The molecular formula is C23H32N4OS. The fraction of sp³-hybridized carbons (Fsp3) is 0.565. The summed E-state index contributed by atoms with van der Waals surface area (Å²) in [5.74, 6) is 0.206. The molecule has 0 bridgehead atoms. The van der Waals surface area contributed by atoms with Crippen molar-refractivity contribution in [3.05, 3.63) is 41.4 Å². The highest BCUT2D eigenvalue weighted by Crippen LogP contribution is 2.24. The zero-order valence-electron chi connectivity index (χ0n) is 17.2. The van der Waals surface area contributed by atoms with Gasteiger partial charge in [-0.2, -0.15) is 0 Å². The van der Waals surface area contributed by atoms with E-state index in [1.807, 2.05) is 6.07 Å². The summed E-state index contributed by atoms with van der Waals surface area (Å²) in [6.45, 7) is 5.33. The second-order valence-corrected chi connectivity index (χ2v) is 9.18. The fourth-order valence-electron chi connectivity index (χ4n) is 4.33. The normalized spacial score (nSPS) is 19.7. The number of rotatable bonds is 6. The van der Waals surface area contributed by atoms with Crippen molar-refractivity contribution in [3.8, 4) is 10.6 Å². The van der Waals surface area contributed by atoms with Crippen molar-refractivity contribution in [1.29, 1.82) is 0 Å². The molecule has 1 aromatic carbocycles. The largest absolute Gasteiger partial charge is 0.352 e. The average Bonchev–Trinajstić information content (AvgIpc) is 3.06. The third kappa shape index (κ3) is 6.11. The monoisotopic (exact) mass is 412 g/mol. The molecule has 4 rings (SSSR count). The number of piperazine rings is 1. The highest BCUT2D eigenvalue weighted by molar-refractivity contribution is 7.13. The molecule has 156 valence electrons. The van der Waals surface area contributed by atoms with E-state index in [-0.39, 0.29) is 5.91 Å². The van der Waals surface area contributed by atoms with Crippen LogP contribution in [0.15, 0.2) is 35.7 Å². The molecule has 2 aliphatic rings. The maximum atomic E-state index is 12.4. The number of benzene rings is 1. The minimum absolute atomic E-state index is 0.206. The van der Waals surface area contributed by atoms with Crippen molar-refractivity contribution in [2.45, 2.75) is 51.1 Å². The van der Waals surface area contributed by atoms with Crippen molar-refractivity contribution in [1.82, 2.24) is 20.1 Å². The minimum Gasteiger partial charge on any atom is -0.352 e. The van der Waals surface area contributed by atoms with Crippen molar-refractivity contribution in [2.75, 3.05) is 32.7 Å².